The molecule has 0 fully saturated rings. The van der Waals surface area contributed by atoms with Gasteiger partial charge < -0.3 is 15.5 Å². The van der Waals surface area contributed by atoms with Gasteiger partial charge in [0.1, 0.15) is 0 Å². The van der Waals surface area contributed by atoms with Crippen molar-refractivity contribution < 1.29 is 18.0 Å². The predicted molar refractivity (Wildman–Crippen MR) is 126 cm³/mol. The highest BCUT2D eigenvalue weighted by atomic mass is 127. The minimum Gasteiger partial charge on any atom is -0.356 e. The summed E-state index contributed by atoms with van der Waals surface area (Å²) in [5.74, 6) is 0.670. The molecular formula is C20H25F3IN5OS. The lowest BCUT2D eigenvalue weighted by atomic mass is 10.1. The number of nitrogens with zero attached hydrogens (tertiary/aromatic N) is 3. The van der Waals surface area contributed by atoms with Gasteiger partial charge in [0.2, 0.25) is 5.91 Å². The lowest BCUT2D eigenvalue weighted by Crippen LogP contribution is -2.39. The molecule has 0 saturated heterocycles. The Morgan fingerprint density at radius 2 is 1.84 bits per heavy atom. The number of hydrogen-bond donors (Lipinski definition) is 2. The zero-order valence-corrected chi connectivity index (χ0v) is 20.2. The number of aromatic nitrogens is 1. The molecule has 31 heavy (non-hydrogen) atoms. The maximum atomic E-state index is 12.6. The van der Waals surface area contributed by atoms with Gasteiger partial charge in [-0.05, 0) is 17.5 Å². The van der Waals surface area contributed by atoms with Crippen LogP contribution in [0.25, 0.3) is 0 Å². The Morgan fingerprint density at radius 1 is 1.19 bits per heavy atom. The first-order chi connectivity index (χ1) is 14.4. The van der Waals surface area contributed by atoms with Gasteiger partial charge in [-0.25, -0.2) is 4.98 Å². The first-order valence-electron chi connectivity index (χ1n) is 9.67. The van der Waals surface area contributed by atoms with Gasteiger partial charge in [-0.3, -0.25) is 9.79 Å². The van der Waals surface area contributed by atoms with Crippen molar-refractivity contribution in [3.05, 3.63) is 51.5 Å². The normalized spacial score (nSPS) is 13.5. The minimum atomic E-state index is -4.41. The van der Waals surface area contributed by atoms with E-state index in [1.807, 2.05) is 17.0 Å². The lowest BCUT2D eigenvalue weighted by molar-refractivity contribution is -0.140. The number of thiazole rings is 1. The van der Waals surface area contributed by atoms with E-state index in [4.69, 9.17) is 0 Å². The van der Waals surface area contributed by atoms with Gasteiger partial charge >= 0.3 is 6.18 Å². The van der Waals surface area contributed by atoms with Crippen molar-refractivity contribution in [3.63, 3.8) is 0 Å². The molecule has 0 atom stereocenters. The molecule has 1 amide bonds. The summed E-state index contributed by atoms with van der Waals surface area (Å²) in [4.78, 5) is 21.9. The number of halogens is 4. The summed E-state index contributed by atoms with van der Waals surface area (Å²) in [5, 5.41) is 7.61. The summed E-state index contributed by atoms with van der Waals surface area (Å²) in [7, 11) is 1.62. The third-order valence-corrected chi connectivity index (χ3v) is 5.66. The molecule has 2 aromatic rings. The van der Waals surface area contributed by atoms with E-state index in [1.165, 1.54) is 11.1 Å². The van der Waals surface area contributed by atoms with Crippen molar-refractivity contribution in [3.8, 4) is 0 Å². The number of fused-ring (bicyclic) bond motifs is 1. The van der Waals surface area contributed by atoms with Crippen LogP contribution in [0.3, 0.4) is 0 Å². The van der Waals surface area contributed by atoms with Crippen LogP contribution in [0.2, 0.25) is 0 Å². The fourth-order valence-electron chi connectivity index (χ4n) is 3.18. The van der Waals surface area contributed by atoms with Crippen LogP contribution in [0.4, 0.5) is 13.2 Å². The second kappa shape index (κ2) is 11.7. The van der Waals surface area contributed by atoms with Gasteiger partial charge in [-0.2, -0.15) is 13.2 Å². The number of rotatable bonds is 7. The molecule has 0 bridgehead atoms. The molecule has 11 heteroatoms. The van der Waals surface area contributed by atoms with Gasteiger partial charge in [-0.1, -0.05) is 24.3 Å². The molecule has 2 heterocycles. The molecule has 1 aromatic heterocycles. The topological polar surface area (TPSA) is 69.6 Å². The Kier molecular flexibility index (Phi) is 9.54. The first-order valence-corrected chi connectivity index (χ1v) is 10.6. The average molecular weight is 567 g/mol. The minimum absolute atomic E-state index is 0. The summed E-state index contributed by atoms with van der Waals surface area (Å²) in [6.07, 6.45) is -2.93. The van der Waals surface area contributed by atoms with Crippen molar-refractivity contribution in [2.45, 2.75) is 38.5 Å². The van der Waals surface area contributed by atoms with E-state index in [2.05, 4.69) is 32.7 Å². The summed E-state index contributed by atoms with van der Waals surface area (Å²) < 4.78 is 37.7. The zero-order valence-electron chi connectivity index (χ0n) is 17.0. The Hall–Kier alpha value is -1.89. The van der Waals surface area contributed by atoms with E-state index >= 15 is 0 Å². The number of benzene rings is 1. The summed E-state index contributed by atoms with van der Waals surface area (Å²) in [6.45, 7) is 2.31. The number of carbonyl (C=O) groups excluding carboxylic acids is 1. The highest BCUT2D eigenvalue weighted by Crippen LogP contribution is 2.30. The van der Waals surface area contributed by atoms with E-state index in [0.717, 1.165) is 16.7 Å². The average Bonchev–Trinajstić information content (AvgIpc) is 3.36. The molecule has 0 radical (unpaired) electrons. The molecule has 1 aliphatic heterocycles. The molecule has 6 nitrogen and oxygen atoms in total. The zero-order chi connectivity index (χ0) is 21.6. The number of amides is 1. The van der Waals surface area contributed by atoms with Crippen LogP contribution in [-0.2, 0) is 30.5 Å². The number of alkyl halides is 3. The van der Waals surface area contributed by atoms with Crippen LogP contribution < -0.4 is 10.6 Å². The van der Waals surface area contributed by atoms with Gasteiger partial charge in [0.25, 0.3) is 0 Å². The molecular weight excluding hydrogens is 542 g/mol. The summed E-state index contributed by atoms with van der Waals surface area (Å²) in [5.41, 5.74) is 1.56. The van der Waals surface area contributed by atoms with Crippen molar-refractivity contribution in [1.29, 1.82) is 0 Å². The Labute approximate surface area is 200 Å². The summed E-state index contributed by atoms with van der Waals surface area (Å²) in [6, 6.07) is 8.07. The van der Waals surface area contributed by atoms with Gasteiger partial charge in [0, 0.05) is 51.4 Å². The van der Waals surface area contributed by atoms with E-state index in [-0.39, 0.29) is 29.9 Å². The predicted octanol–water partition coefficient (Wildman–Crippen LogP) is 3.81. The molecule has 3 rings (SSSR count). The molecule has 0 spiro atoms. The van der Waals surface area contributed by atoms with E-state index < -0.39 is 11.9 Å². The molecule has 2 N–H and O–H groups in total. The number of carbonyl (C=O) groups is 1. The van der Waals surface area contributed by atoms with E-state index in [9.17, 15) is 18.0 Å². The van der Waals surface area contributed by atoms with Crippen molar-refractivity contribution in [1.82, 2.24) is 20.5 Å². The Bertz CT molecular complexity index is 878. The monoisotopic (exact) mass is 567 g/mol. The Morgan fingerprint density at radius 3 is 2.42 bits per heavy atom. The van der Waals surface area contributed by atoms with Crippen LogP contribution >= 0.6 is 35.3 Å². The molecule has 0 unspecified atom stereocenters. The fraction of sp³-hybridized carbons (Fsp3) is 0.450. The van der Waals surface area contributed by atoms with E-state index in [1.54, 1.807) is 7.05 Å². The van der Waals surface area contributed by atoms with Crippen LogP contribution in [0.5, 0.6) is 0 Å². The quantitative estimate of drug-likeness (QED) is 0.231. The largest absolute Gasteiger partial charge is 0.434 e. The molecule has 1 aromatic carbocycles. The van der Waals surface area contributed by atoms with Crippen LogP contribution in [0, 0.1) is 0 Å². The summed E-state index contributed by atoms with van der Waals surface area (Å²) >= 11 is 0.994. The van der Waals surface area contributed by atoms with E-state index in [0.29, 0.717) is 56.4 Å². The smallest absolute Gasteiger partial charge is 0.356 e. The molecule has 1 aliphatic rings. The third-order valence-electron chi connectivity index (χ3n) is 4.75. The second-order valence-electron chi connectivity index (χ2n) is 6.92. The maximum absolute atomic E-state index is 12.6. The highest BCUT2D eigenvalue weighted by Gasteiger charge is 2.33. The van der Waals surface area contributed by atoms with Gasteiger partial charge in [0.05, 0.1) is 5.01 Å². The van der Waals surface area contributed by atoms with Crippen molar-refractivity contribution >= 4 is 47.2 Å². The number of hydrogen-bond acceptors (Lipinski definition) is 4. The lowest BCUT2D eigenvalue weighted by Gasteiger charge is -2.16. The molecule has 0 saturated carbocycles. The second-order valence-corrected chi connectivity index (χ2v) is 7.86. The number of guanidine groups is 1. The molecule has 170 valence electrons. The first kappa shape index (κ1) is 25.4. The van der Waals surface area contributed by atoms with Gasteiger partial charge in [0.15, 0.2) is 11.7 Å². The standard InChI is InChI=1S/C20H24F3N5OS.HI/c1-24-19(26-10-8-17-27-16(13-30-17)20(21,22)23)25-9-4-7-18(29)28-11-14-5-2-3-6-15(14)12-28;/h2-3,5-6,13H,4,7-12H2,1H3,(H2,24,25,26);1H. The maximum Gasteiger partial charge on any atom is 0.434 e. The number of nitrogens with one attached hydrogen (secondary N) is 2. The van der Waals surface area contributed by atoms with Gasteiger partial charge in [-0.15, -0.1) is 35.3 Å². The highest BCUT2D eigenvalue weighted by molar-refractivity contribution is 14.0. The van der Waals surface area contributed by atoms with Crippen LogP contribution in [-0.4, -0.2) is 41.9 Å². The van der Waals surface area contributed by atoms with Crippen molar-refractivity contribution in [2.75, 3.05) is 20.1 Å². The SMILES string of the molecule is CN=C(NCCCC(=O)N1Cc2ccccc2C1)NCCc1nc(C(F)(F)F)cs1.I. The van der Waals surface area contributed by atoms with Crippen LogP contribution in [0.1, 0.15) is 34.7 Å². The third kappa shape index (κ3) is 7.34. The van der Waals surface area contributed by atoms with Crippen molar-refractivity contribution in [2.24, 2.45) is 4.99 Å². The molecule has 0 aliphatic carbocycles. The van der Waals surface area contributed by atoms with Crippen LogP contribution in [0.15, 0.2) is 34.6 Å². The fourth-order valence-corrected chi connectivity index (χ4v) is 3.98. The number of aliphatic imine (C=N–C) groups is 1. The Balaban J connectivity index is 0.00000341.